The quantitative estimate of drug-likeness (QED) is 0.342. The number of non-ortho nitro benzene ring substituents is 1. The Bertz CT molecular complexity index is 640. The SMILES string of the molecule is C[N+](C)(Cc1ccc([N+](=O)[O-])cc1)/N=C/c1ccccc1.[Cl-]. The molecule has 0 amide bonds. The molecule has 0 heterocycles. The lowest BCUT2D eigenvalue weighted by Crippen LogP contribution is -3.00. The van der Waals surface area contributed by atoms with E-state index in [1.165, 1.54) is 12.1 Å². The lowest BCUT2D eigenvalue weighted by Gasteiger charge is -2.22. The number of hydrogen-bond acceptors (Lipinski definition) is 3. The molecule has 0 radical (unpaired) electrons. The summed E-state index contributed by atoms with van der Waals surface area (Å²) in [5, 5.41) is 15.2. The lowest BCUT2D eigenvalue weighted by molar-refractivity contribution is -0.909. The summed E-state index contributed by atoms with van der Waals surface area (Å²) in [4.78, 5) is 10.2. The van der Waals surface area contributed by atoms with Crippen LogP contribution >= 0.6 is 0 Å². The fraction of sp³-hybridized carbons (Fsp3) is 0.188. The van der Waals surface area contributed by atoms with Crippen LogP contribution in [-0.4, -0.2) is 29.8 Å². The molecule has 0 fully saturated rings. The van der Waals surface area contributed by atoms with Crippen LogP contribution in [0.3, 0.4) is 0 Å². The van der Waals surface area contributed by atoms with Crippen molar-refractivity contribution in [1.29, 1.82) is 0 Å². The first kappa shape index (κ1) is 17.8. The van der Waals surface area contributed by atoms with Gasteiger partial charge in [-0.05, 0) is 17.7 Å². The summed E-state index contributed by atoms with van der Waals surface area (Å²) in [6.07, 6.45) is 1.84. The van der Waals surface area contributed by atoms with E-state index in [0.717, 1.165) is 11.1 Å². The molecule has 6 heteroatoms. The average Bonchev–Trinajstić information content (AvgIpc) is 2.46. The number of benzene rings is 2. The van der Waals surface area contributed by atoms with E-state index in [9.17, 15) is 10.1 Å². The predicted octanol–water partition coefficient (Wildman–Crippen LogP) is 0.209. The highest BCUT2D eigenvalue weighted by Crippen LogP contribution is 2.15. The number of hydrogen-bond donors (Lipinski definition) is 0. The van der Waals surface area contributed by atoms with Crippen molar-refractivity contribution in [3.63, 3.8) is 0 Å². The van der Waals surface area contributed by atoms with Gasteiger partial charge in [0.25, 0.3) is 5.69 Å². The fourth-order valence-corrected chi connectivity index (χ4v) is 1.97. The zero-order valence-corrected chi connectivity index (χ0v) is 13.3. The molecule has 0 atom stereocenters. The smallest absolute Gasteiger partial charge is 0.269 e. The number of nitro benzene ring substituents is 1. The van der Waals surface area contributed by atoms with Crippen molar-refractivity contribution in [2.45, 2.75) is 6.54 Å². The van der Waals surface area contributed by atoms with Crippen molar-refractivity contribution in [2.75, 3.05) is 14.1 Å². The molecule has 0 saturated carbocycles. The number of halogens is 1. The third-order valence-electron chi connectivity index (χ3n) is 3.04. The molecule has 2 aromatic carbocycles. The first-order valence-electron chi connectivity index (χ1n) is 6.63. The van der Waals surface area contributed by atoms with Crippen LogP contribution in [0.15, 0.2) is 59.7 Å². The molecule has 0 aliphatic rings. The molecular weight excluding hydrogens is 302 g/mol. The minimum atomic E-state index is -0.392. The van der Waals surface area contributed by atoms with Gasteiger partial charge in [-0.3, -0.25) is 10.1 Å². The largest absolute Gasteiger partial charge is 1.00 e. The van der Waals surface area contributed by atoms with Crippen LogP contribution in [0.25, 0.3) is 0 Å². The maximum atomic E-state index is 10.6. The van der Waals surface area contributed by atoms with Crippen molar-refractivity contribution < 1.29 is 21.9 Å². The van der Waals surface area contributed by atoms with Crippen molar-refractivity contribution in [1.82, 2.24) is 0 Å². The Kier molecular flexibility index (Phi) is 6.22. The number of rotatable bonds is 5. The molecule has 22 heavy (non-hydrogen) atoms. The Hall–Kier alpha value is -2.24. The second-order valence-electron chi connectivity index (χ2n) is 5.36. The van der Waals surface area contributed by atoms with Gasteiger partial charge < -0.3 is 12.4 Å². The van der Waals surface area contributed by atoms with Gasteiger partial charge in [-0.15, -0.1) is 0 Å². The van der Waals surface area contributed by atoms with Crippen LogP contribution in [0, 0.1) is 10.1 Å². The topological polar surface area (TPSA) is 55.5 Å². The molecule has 0 aromatic heterocycles. The predicted molar refractivity (Wildman–Crippen MR) is 82.9 cm³/mol. The normalized spacial score (nSPS) is 11.2. The summed E-state index contributed by atoms with van der Waals surface area (Å²) < 4.78 is 0.423. The van der Waals surface area contributed by atoms with E-state index in [4.69, 9.17) is 0 Å². The molecule has 0 aliphatic carbocycles. The van der Waals surface area contributed by atoms with E-state index < -0.39 is 4.92 Å². The first-order valence-corrected chi connectivity index (χ1v) is 6.63. The molecule has 0 bridgehead atoms. The van der Waals surface area contributed by atoms with E-state index in [0.29, 0.717) is 11.1 Å². The Balaban J connectivity index is 0.00000242. The Morgan fingerprint density at radius 3 is 2.23 bits per heavy atom. The average molecular weight is 320 g/mol. The molecule has 0 aliphatic heterocycles. The summed E-state index contributed by atoms with van der Waals surface area (Å²) in [5.41, 5.74) is 2.17. The zero-order chi connectivity index (χ0) is 15.3. The lowest BCUT2D eigenvalue weighted by atomic mass is 10.2. The van der Waals surface area contributed by atoms with Gasteiger partial charge in [-0.1, -0.05) is 35.4 Å². The number of nitro groups is 1. The molecule has 2 aromatic rings. The summed E-state index contributed by atoms with van der Waals surface area (Å²) in [6.45, 7) is 0.668. The second kappa shape index (κ2) is 7.68. The van der Waals surface area contributed by atoms with E-state index in [1.807, 2.05) is 50.6 Å². The van der Waals surface area contributed by atoms with Gasteiger partial charge in [-0.2, -0.15) is 4.59 Å². The maximum absolute atomic E-state index is 10.6. The maximum Gasteiger partial charge on any atom is 0.269 e. The van der Waals surface area contributed by atoms with Crippen LogP contribution in [0.1, 0.15) is 11.1 Å². The van der Waals surface area contributed by atoms with Gasteiger partial charge in [0.1, 0.15) is 6.54 Å². The van der Waals surface area contributed by atoms with Gasteiger partial charge in [0.15, 0.2) is 0 Å². The van der Waals surface area contributed by atoms with Gasteiger partial charge in [0.05, 0.1) is 25.2 Å². The highest BCUT2D eigenvalue weighted by atomic mass is 35.5. The van der Waals surface area contributed by atoms with E-state index in [2.05, 4.69) is 5.10 Å². The highest BCUT2D eigenvalue weighted by Gasteiger charge is 2.15. The minimum absolute atomic E-state index is 0. The molecule has 0 unspecified atom stereocenters. The van der Waals surface area contributed by atoms with Gasteiger partial charge in [0.2, 0.25) is 0 Å². The summed E-state index contributed by atoms with van der Waals surface area (Å²) >= 11 is 0. The Morgan fingerprint density at radius 1 is 1.09 bits per heavy atom. The highest BCUT2D eigenvalue weighted by molar-refractivity contribution is 5.78. The van der Waals surface area contributed by atoms with Gasteiger partial charge in [0, 0.05) is 17.7 Å². The first-order chi connectivity index (χ1) is 9.96. The Morgan fingerprint density at radius 2 is 1.68 bits per heavy atom. The number of nitrogens with zero attached hydrogens (tertiary/aromatic N) is 3. The molecule has 0 saturated heterocycles. The van der Waals surface area contributed by atoms with Crippen molar-refractivity contribution in [3.05, 3.63) is 75.8 Å². The van der Waals surface area contributed by atoms with Crippen LogP contribution in [-0.2, 0) is 6.54 Å². The van der Waals surface area contributed by atoms with Crippen molar-refractivity contribution in [3.8, 4) is 0 Å². The van der Waals surface area contributed by atoms with Crippen LogP contribution in [0.5, 0.6) is 0 Å². The summed E-state index contributed by atoms with van der Waals surface area (Å²) in [6, 6.07) is 16.5. The standard InChI is InChI=1S/C16H18N3O2.ClH/c1-19(2,17-12-14-6-4-3-5-7-14)13-15-8-10-16(11-9-15)18(20)21;/h3-12H,13H2,1-2H3;1H/q+1;/p-1/b17-12+;. The molecule has 116 valence electrons. The molecule has 0 spiro atoms. The molecular formula is C16H18ClN3O2. The van der Waals surface area contributed by atoms with Crippen molar-refractivity contribution in [2.24, 2.45) is 5.10 Å². The van der Waals surface area contributed by atoms with Crippen LogP contribution in [0.2, 0.25) is 0 Å². The minimum Gasteiger partial charge on any atom is -1.00 e. The summed E-state index contributed by atoms with van der Waals surface area (Å²) in [7, 11) is 3.97. The molecule has 0 N–H and O–H groups in total. The molecule has 2 rings (SSSR count). The van der Waals surface area contributed by atoms with Crippen LogP contribution in [0.4, 0.5) is 5.69 Å². The van der Waals surface area contributed by atoms with E-state index in [-0.39, 0.29) is 18.1 Å². The third-order valence-corrected chi connectivity index (χ3v) is 3.04. The van der Waals surface area contributed by atoms with Crippen molar-refractivity contribution >= 4 is 11.9 Å². The van der Waals surface area contributed by atoms with Gasteiger partial charge >= 0.3 is 0 Å². The van der Waals surface area contributed by atoms with E-state index >= 15 is 0 Å². The number of quaternary nitrogens is 1. The van der Waals surface area contributed by atoms with Crippen LogP contribution < -0.4 is 12.4 Å². The zero-order valence-electron chi connectivity index (χ0n) is 12.5. The fourth-order valence-electron chi connectivity index (χ4n) is 1.97. The Labute approximate surface area is 136 Å². The van der Waals surface area contributed by atoms with Gasteiger partial charge in [-0.25, -0.2) is 0 Å². The summed E-state index contributed by atoms with van der Waals surface area (Å²) in [5.74, 6) is 0. The third kappa shape index (κ3) is 5.27. The monoisotopic (exact) mass is 319 g/mol. The van der Waals surface area contributed by atoms with E-state index in [1.54, 1.807) is 12.1 Å². The molecule has 5 nitrogen and oxygen atoms in total. The second-order valence-corrected chi connectivity index (χ2v) is 5.36.